The first-order valence-electron chi connectivity index (χ1n) is 6.26. The first-order chi connectivity index (χ1) is 9.88. The van der Waals surface area contributed by atoms with E-state index in [1.165, 1.54) is 11.4 Å². The van der Waals surface area contributed by atoms with Crippen LogP contribution >= 0.6 is 11.3 Å². The highest BCUT2D eigenvalue weighted by Gasteiger charge is 2.20. The third kappa shape index (κ3) is 4.13. The molecule has 1 aromatic carbocycles. The number of thiophene rings is 1. The molecule has 0 fully saturated rings. The fourth-order valence-electron chi connectivity index (χ4n) is 1.91. The van der Waals surface area contributed by atoms with E-state index in [4.69, 9.17) is 5.11 Å². The summed E-state index contributed by atoms with van der Waals surface area (Å²) in [4.78, 5) is 10.8. The molecule has 0 aliphatic rings. The second kappa shape index (κ2) is 6.38. The fourth-order valence-corrected chi connectivity index (χ4v) is 4.27. The zero-order valence-electron chi connectivity index (χ0n) is 11.3. The van der Waals surface area contributed by atoms with Gasteiger partial charge in [-0.05, 0) is 25.0 Å². The van der Waals surface area contributed by atoms with Crippen molar-refractivity contribution in [3.05, 3.63) is 52.2 Å². The molecule has 21 heavy (non-hydrogen) atoms. The summed E-state index contributed by atoms with van der Waals surface area (Å²) in [5.74, 6) is -1.13. The molecule has 0 saturated heterocycles. The molecule has 0 radical (unpaired) electrons. The minimum atomic E-state index is -3.70. The molecule has 7 heteroatoms. The van der Waals surface area contributed by atoms with Crippen LogP contribution in [0.5, 0.6) is 0 Å². The lowest BCUT2D eigenvalue weighted by Gasteiger charge is -2.13. The molecule has 5 nitrogen and oxygen atoms in total. The van der Waals surface area contributed by atoms with Crippen molar-refractivity contribution in [2.75, 3.05) is 0 Å². The average Bonchev–Trinajstić information content (AvgIpc) is 2.89. The van der Waals surface area contributed by atoms with Crippen LogP contribution in [0.15, 0.2) is 46.7 Å². The topological polar surface area (TPSA) is 83.5 Å². The van der Waals surface area contributed by atoms with Gasteiger partial charge in [-0.1, -0.05) is 30.3 Å². The third-order valence-electron chi connectivity index (χ3n) is 2.84. The highest BCUT2D eigenvalue weighted by atomic mass is 32.2. The Hall–Kier alpha value is -1.70. The number of aromatic carboxylic acids is 1. The quantitative estimate of drug-likeness (QED) is 0.854. The van der Waals surface area contributed by atoms with Crippen LogP contribution in [0.3, 0.4) is 0 Å². The van der Waals surface area contributed by atoms with Crippen LogP contribution in [0, 0.1) is 0 Å². The van der Waals surface area contributed by atoms with E-state index >= 15 is 0 Å². The largest absolute Gasteiger partial charge is 0.477 e. The minimum Gasteiger partial charge on any atom is -0.477 e. The second-order valence-corrected chi connectivity index (χ2v) is 7.29. The number of carboxylic acids is 1. The van der Waals surface area contributed by atoms with Gasteiger partial charge in [-0.15, -0.1) is 11.3 Å². The summed E-state index contributed by atoms with van der Waals surface area (Å²) in [5.41, 5.74) is 1.03. The van der Waals surface area contributed by atoms with Crippen molar-refractivity contribution in [2.24, 2.45) is 0 Å². The maximum absolute atomic E-state index is 12.2. The lowest BCUT2D eigenvalue weighted by Crippen LogP contribution is -2.33. The Morgan fingerprint density at radius 3 is 2.57 bits per heavy atom. The Kier molecular flexibility index (Phi) is 4.76. The molecule has 1 aromatic heterocycles. The van der Waals surface area contributed by atoms with Crippen molar-refractivity contribution in [3.63, 3.8) is 0 Å². The molecule has 2 aromatic rings. The average molecular weight is 325 g/mol. The van der Waals surface area contributed by atoms with Gasteiger partial charge in [-0.2, -0.15) is 0 Å². The lowest BCUT2D eigenvalue weighted by molar-refractivity contribution is 0.0702. The summed E-state index contributed by atoms with van der Waals surface area (Å²) >= 11 is 0.897. The number of hydrogen-bond donors (Lipinski definition) is 2. The summed E-state index contributed by atoms with van der Waals surface area (Å²) in [6.45, 7) is 1.77. The highest BCUT2D eigenvalue weighted by Crippen LogP contribution is 2.19. The van der Waals surface area contributed by atoms with E-state index < -0.39 is 16.0 Å². The molecule has 1 unspecified atom stereocenters. The van der Waals surface area contributed by atoms with E-state index in [1.54, 1.807) is 6.92 Å². The number of carboxylic acid groups (broad SMARTS) is 1. The number of sulfonamides is 1. The third-order valence-corrected chi connectivity index (χ3v) is 5.47. The van der Waals surface area contributed by atoms with Crippen LogP contribution in [0.2, 0.25) is 0 Å². The van der Waals surface area contributed by atoms with Gasteiger partial charge in [0.15, 0.2) is 0 Å². The number of benzene rings is 1. The van der Waals surface area contributed by atoms with E-state index in [9.17, 15) is 13.2 Å². The van der Waals surface area contributed by atoms with Crippen LogP contribution < -0.4 is 4.72 Å². The van der Waals surface area contributed by atoms with Crippen molar-refractivity contribution in [3.8, 4) is 0 Å². The molecule has 0 spiro atoms. The van der Waals surface area contributed by atoms with Crippen molar-refractivity contribution in [1.82, 2.24) is 4.72 Å². The molecular formula is C14H15NO4S2. The van der Waals surface area contributed by atoms with Crippen LogP contribution in [0.1, 0.15) is 22.2 Å². The maximum atomic E-state index is 12.2. The molecule has 0 saturated carbocycles. The van der Waals surface area contributed by atoms with E-state index in [1.807, 2.05) is 30.3 Å². The Labute approximate surface area is 127 Å². The molecule has 112 valence electrons. The van der Waals surface area contributed by atoms with Gasteiger partial charge in [0.05, 0.1) is 4.90 Å². The zero-order valence-corrected chi connectivity index (χ0v) is 12.9. The van der Waals surface area contributed by atoms with Crippen LogP contribution in [-0.2, 0) is 16.4 Å². The van der Waals surface area contributed by atoms with Gasteiger partial charge in [0, 0.05) is 11.4 Å². The number of hydrogen-bond acceptors (Lipinski definition) is 4. The first kappa shape index (κ1) is 15.7. The predicted molar refractivity (Wildman–Crippen MR) is 81.2 cm³/mol. The van der Waals surface area contributed by atoms with Crippen molar-refractivity contribution >= 4 is 27.3 Å². The Balaban J connectivity index is 2.07. The van der Waals surface area contributed by atoms with Crippen molar-refractivity contribution < 1.29 is 18.3 Å². The highest BCUT2D eigenvalue weighted by molar-refractivity contribution is 7.89. The Bertz CT molecular complexity index is 722. The van der Waals surface area contributed by atoms with E-state index in [0.29, 0.717) is 6.42 Å². The van der Waals surface area contributed by atoms with Gasteiger partial charge in [0.2, 0.25) is 10.0 Å². The van der Waals surface area contributed by atoms with Crippen molar-refractivity contribution in [2.45, 2.75) is 24.3 Å². The van der Waals surface area contributed by atoms with Crippen LogP contribution in [0.4, 0.5) is 0 Å². The first-order valence-corrected chi connectivity index (χ1v) is 8.63. The monoisotopic (exact) mass is 325 g/mol. The summed E-state index contributed by atoms with van der Waals surface area (Å²) in [6.07, 6.45) is 0.565. The second-order valence-electron chi connectivity index (χ2n) is 4.66. The maximum Gasteiger partial charge on any atom is 0.345 e. The molecule has 2 rings (SSSR count). The summed E-state index contributed by atoms with van der Waals surface area (Å²) in [6, 6.07) is 10.4. The number of nitrogens with one attached hydrogen (secondary N) is 1. The smallest absolute Gasteiger partial charge is 0.345 e. The van der Waals surface area contributed by atoms with Gasteiger partial charge < -0.3 is 5.11 Å². The summed E-state index contributed by atoms with van der Waals surface area (Å²) in [5, 5.41) is 10.2. The number of rotatable bonds is 6. The summed E-state index contributed by atoms with van der Waals surface area (Å²) < 4.78 is 26.9. The lowest BCUT2D eigenvalue weighted by atomic mass is 10.1. The van der Waals surface area contributed by atoms with Gasteiger partial charge in [0.25, 0.3) is 0 Å². The van der Waals surface area contributed by atoms with E-state index in [-0.39, 0.29) is 15.8 Å². The molecule has 2 N–H and O–H groups in total. The molecule has 0 aliphatic heterocycles. The Morgan fingerprint density at radius 1 is 1.33 bits per heavy atom. The molecular weight excluding hydrogens is 310 g/mol. The predicted octanol–water partition coefficient (Wildman–Crippen LogP) is 2.36. The Morgan fingerprint density at radius 2 is 2.00 bits per heavy atom. The van der Waals surface area contributed by atoms with Crippen molar-refractivity contribution in [1.29, 1.82) is 0 Å². The van der Waals surface area contributed by atoms with Gasteiger partial charge in [-0.25, -0.2) is 17.9 Å². The molecule has 1 heterocycles. The zero-order chi connectivity index (χ0) is 15.5. The molecule has 0 bridgehead atoms. The van der Waals surface area contributed by atoms with E-state index in [0.717, 1.165) is 16.9 Å². The molecule has 0 amide bonds. The minimum absolute atomic E-state index is 0.00564. The fraction of sp³-hybridized carbons (Fsp3) is 0.214. The SMILES string of the molecule is CC(Cc1ccccc1)NS(=O)(=O)c1csc(C(=O)O)c1. The van der Waals surface area contributed by atoms with Crippen LogP contribution in [0.25, 0.3) is 0 Å². The number of carbonyl (C=O) groups is 1. The van der Waals surface area contributed by atoms with Gasteiger partial charge in [-0.3, -0.25) is 0 Å². The molecule has 0 aliphatic carbocycles. The van der Waals surface area contributed by atoms with E-state index in [2.05, 4.69) is 4.72 Å². The normalized spacial score (nSPS) is 13.0. The van der Waals surface area contributed by atoms with Gasteiger partial charge in [0.1, 0.15) is 4.88 Å². The molecule has 1 atom stereocenters. The van der Waals surface area contributed by atoms with Gasteiger partial charge >= 0.3 is 5.97 Å². The standard InChI is InChI=1S/C14H15NO4S2/c1-10(7-11-5-3-2-4-6-11)15-21(18,19)12-8-13(14(16)17)20-9-12/h2-6,8-10,15H,7H2,1H3,(H,16,17). The van der Waals surface area contributed by atoms with Crippen LogP contribution in [-0.4, -0.2) is 25.5 Å². The summed E-state index contributed by atoms with van der Waals surface area (Å²) in [7, 11) is -3.70.